The second-order valence-corrected chi connectivity index (χ2v) is 10.1. The summed E-state index contributed by atoms with van der Waals surface area (Å²) in [5.41, 5.74) is 2.80. The van der Waals surface area contributed by atoms with Crippen LogP contribution in [0.5, 0.6) is 0 Å². The molecule has 4 aromatic rings. The molecule has 0 aliphatic carbocycles. The van der Waals surface area contributed by atoms with Crippen molar-refractivity contribution < 1.29 is 23.1 Å². The molecule has 1 N–H and O–H groups in total. The van der Waals surface area contributed by atoms with Crippen molar-refractivity contribution in [3.05, 3.63) is 112 Å². The van der Waals surface area contributed by atoms with Gasteiger partial charge in [0.15, 0.2) is 0 Å². The first-order valence-corrected chi connectivity index (χ1v) is 13.3. The van der Waals surface area contributed by atoms with Crippen LogP contribution < -0.4 is 10.2 Å². The van der Waals surface area contributed by atoms with Crippen molar-refractivity contribution in [2.45, 2.75) is 25.9 Å². The standard InChI is InChI=1S/C31H27ClF2N4O3/c1-20-12-14-38(36-20)23-10-11-25(27(32)17-23)30(40)37-15-13-31(33,34)26(24-8-3-4-9-28(24)37)18-29(39)35-22-7-5-6-21(16-22)19-41-2/h3-12,14,16-18H,13,15,19H2,1-2H3,(H,35,39)/b26-18-. The summed E-state index contributed by atoms with van der Waals surface area (Å²) in [6.45, 7) is 1.92. The third-order valence-electron chi connectivity index (χ3n) is 6.72. The van der Waals surface area contributed by atoms with Crippen LogP contribution in [0.4, 0.5) is 20.2 Å². The van der Waals surface area contributed by atoms with Crippen LogP contribution in [-0.4, -0.2) is 41.2 Å². The van der Waals surface area contributed by atoms with E-state index in [1.54, 1.807) is 72.6 Å². The van der Waals surface area contributed by atoms with Gasteiger partial charge in [0.2, 0.25) is 5.91 Å². The highest BCUT2D eigenvalue weighted by Gasteiger charge is 2.41. The number of aryl methyl sites for hydroxylation is 1. The van der Waals surface area contributed by atoms with Gasteiger partial charge in [-0.1, -0.05) is 41.9 Å². The summed E-state index contributed by atoms with van der Waals surface area (Å²) < 4.78 is 37.9. The first-order valence-electron chi connectivity index (χ1n) is 12.9. The van der Waals surface area contributed by atoms with Crippen LogP contribution in [0.25, 0.3) is 11.3 Å². The van der Waals surface area contributed by atoms with Gasteiger partial charge in [0.05, 0.1) is 34.3 Å². The van der Waals surface area contributed by atoms with E-state index in [-0.39, 0.29) is 28.4 Å². The molecular weight excluding hydrogens is 550 g/mol. The predicted octanol–water partition coefficient (Wildman–Crippen LogP) is 6.69. The predicted molar refractivity (Wildman–Crippen MR) is 155 cm³/mol. The third kappa shape index (κ3) is 6.06. The van der Waals surface area contributed by atoms with Crippen molar-refractivity contribution in [3.63, 3.8) is 0 Å². The number of benzene rings is 3. The van der Waals surface area contributed by atoms with Crippen LogP contribution >= 0.6 is 11.6 Å². The maximum atomic E-state index is 15.6. The lowest BCUT2D eigenvalue weighted by molar-refractivity contribution is -0.112. The van der Waals surface area contributed by atoms with Crippen molar-refractivity contribution in [1.29, 1.82) is 0 Å². The zero-order valence-electron chi connectivity index (χ0n) is 22.4. The number of para-hydroxylation sites is 1. The van der Waals surface area contributed by atoms with Crippen LogP contribution in [-0.2, 0) is 16.1 Å². The molecule has 1 aliphatic heterocycles. The normalized spacial score (nSPS) is 15.3. The van der Waals surface area contributed by atoms with E-state index in [4.69, 9.17) is 16.3 Å². The molecule has 0 bridgehead atoms. The van der Waals surface area contributed by atoms with Crippen LogP contribution in [0.2, 0.25) is 5.02 Å². The number of fused-ring (bicyclic) bond motifs is 1. The van der Waals surface area contributed by atoms with Crippen molar-refractivity contribution in [1.82, 2.24) is 9.78 Å². The lowest BCUT2D eigenvalue weighted by atomic mass is 9.97. The molecule has 2 amide bonds. The molecule has 0 saturated heterocycles. The van der Waals surface area contributed by atoms with E-state index in [0.29, 0.717) is 18.0 Å². The van der Waals surface area contributed by atoms with Crippen LogP contribution in [0.3, 0.4) is 0 Å². The molecule has 0 radical (unpaired) electrons. The fourth-order valence-corrected chi connectivity index (χ4v) is 5.03. The second-order valence-electron chi connectivity index (χ2n) is 9.67. The van der Waals surface area contributed by atoms with Gasteiger partial charge in [-0.05, 0) is 55.0 Å². The van der Waals surface area contributed by atoms with Crippen LogP contribution in [0.1, 0.15) is 33.6 Å². The van der Waals surface area contributed by atoms with Crippen molar-refractivity contribution in [2.24, 2.45) is 0 Å². The number of halogens is 3. The highest BCUT2D eigenvalue weighted by Crippen LogP contribution is 2.43. The third-order valence-corrected chi connectivity index (χ3v) is 7.04. The Balaban J connectivity index is 1.47. The van der Waals surface area contributed by atoms with Crippen LogP contribution in [0.15, 0.2) is 85.1 Å². The SMILES string of the molecule is COCc1cccc(NC(=O)/C=C2/c3ccccc3N(C(=O)c3ccc(-n4ccc(C)n4)cc3Cl)CCC2(F)F)c1. The van der Waals surface area contributed by atoms with E-state index in [0.717, 1.165) is 17.3 Å². The summed E-state index contributed by atoms with van der Waals surface area (Å²) in [7, 11) is 1.56. The minimum Gasteiger partial charge on any atom is -0.380 e. The van der Waals surface area contributed by atoms with E-state index >= 15 is 8.78 Å². The smallest absolute Gasteiger partial charge is 0.275 e. The number of ether oxygens (including phenoxy) is 1. The number of amides is 2. The Morgan fingerprint density at radius 2 is 1.90 bits per heavy atom. The van der Waals surface area contributed by atoms with E-state index in [9.17, 15) is 9.59 Å². The molecule has 2 heterocycles. The van der Waals surface area contributed by atoms with Gasteiger partial charge in [-0.3, -0.25) is 9.59 Å². The molecular formula is C31H27ClF2N4O3. The summed E-state index contributed by atoms with van der Waals surface area (Å²) in [6.07, 6.45) is 2.00. The molecule has 1 aliphatic rings. The first kappa shape index (κ1) is 28.2. The molecule has 10 heteroatoms. The summed E-state index contributed by atoms with van der Waals surface area (Å²) in [6, 6.07) is 20.0. The van der Waals surface area contributed by atoms with Gasteiger partial charge >= 0.3 is 0 Å². The fraction of sp³-hybridized carbons (Fsp3) is 0.194. The average molecular weight is 577 g/mol. The number of hydrogen-bond donors (Lipinski definition) is 1. The number of carbonyl (C=O) groups excluding carboxylic acids is 2. The zero-order valence-corrected chi connectivity index (χ0v) is 23.2. The van der Waals surface area contributed by atoms with E-state index < -0.39 is 29.7 Å². The van der Waals surface area contributed by atoms with Crippen LogP contribution in [0, 0.1) is 6.92 Å². The number of allylic oxidation sites excluding steroid dienone is 1. The first-order chi connectivity index (χ1) is 19.7. The number of anilines is 2. The van der Waals surface area contributed by atoms with E-state index in [2.05, 4.69) is 10.4 Å². The summed E-state index contributed by atoms with van der Waals surface area (Å²) in [5, 5.41) is 7.17. The highest BCUT2D eigenvalue weighted by atomic mass is 35.5. The molecule has 0 unspecified atom stereocenters. The maximum absolute atomic E-state index is 15.6. The number of methoxy groups -OCH3 is 1. The monoisotopic (exact) mass is 576 g/mol. The van der Waals surface area contributed by atoms with E-state index in [1.807, 2.05) is 19.1 Å². The number of hydrogen-bond acceptors (Lipinski definition) is 4. The maximum Gasteiger partial charge on any atom is 0.275 e. The Kier molecular flexibility index (Phi) is 8.01. The fourth-order valence-electron chi connectivity index (χ4n) is 4.77. The lowest BCUT2D eigenvalue weighted by Crippen LogP contribution is -2.33. The molecule has 3 aromatic carbocycles. The summed E-state index contributed by atoms with van der Waals surface area (Å²) in [5.74, 6) is -4.62. The summed E-state index contributed by atoms with van der Waals surface area (Å²) >= 11 is 6.52. The molecule has 0 atom stereocenters. The molecule has 0 spiro atoms. The number of nitrogens with zero attached hydrogens (tertiary/aromatic N) is 3. The second kappa shape index (κ2) is 11.6. The Morgan fingerprint density at radius 3 is 2.63 bits per heavy atom. The highest BCUT2D eigenvalue weighted by molar-refractivity contribution is 6.34. The Morgan fingerprint density at radius 1 is 1.10 bits per heavy atom. The average Bonchev–Trinajstić information content (AvgIpc) is 3.34. The largest absolute Gasteiger partial charge is 0.380 e. The van der Waals surface area contributed by atoms with Crippen molar-refractivity contribution in [3.8, 4) is 5.69 Å². The van der Waals surface area contributed by atoms with Gasteiger partial charge in [0, 0.05) is 49.2 Å². The Bertz CT molecular complexity index is 1650. The molecule has 0 saturated carbocycles. The zero-order chi connectivity index (χ0) is 29.1. The number of carbonyl (C=O) groups is 2. The summed E-state index contributed by atoms with van der Waals surface area (Å²) in [4.78, 5) is 27.9. The number of nitrogens with one attached hydrogen (secondary N) is 1. The topological polar surface area (TPSA) is 76.5 Å². The van der Waals surface area contributed by atoms with Gasteiger partial charge < -0.3 is 15.0 Å². The Labute approximate surface area is 241 Å². The number of aromatic nitrogens is 2. The van der Waals surface area contributed by atoms with Gasteiger partial charge in [-0.25, -0.2) is 13.5 Å². The molecule has 0 fully saturated rings. The van der Waals surface area contributed by atoms with Gasteiger partial charge in [-0.15, -0.1) is 0 Å². The van der Waals surface area contributed by atoms with Gasteiger partial charge in [0.1, 0.15) is 0 Å². The van der Waals surface area contributed by atoms with Gasteiger partial charge in [0.25, 0.3) is 11.8 Å². The number of rotatable bonds is 6. The van der Waals surface area contributed by atoms with Crippen molar-refractivity contribution in [2.75, 3.05) is 23.9 Å². The molecule has 41 heavy (non-hydrogen) atoms. The van der Waals surface area contributed by atoms with Gasteiger partial charge in [-0.2, -0.15) is 5.10 Å². The van der Waals surface area contributed by atoms with Crippen molar-refractivity contribution >= 4 is 40.4 Å². The lowest BCUT2D eigenvalue weighted by Gasteiger charge is -2.23. The Hall–Kier alpha value is -4.34. The number of alkyl halides is 2. The quantitative estimate of drug-likeness (QED) is 0.260. The van der Waals surface area contributed by atoms with E-state index in [1.165, 1.54) is 11.0 Å². The molecule has 1 aromatic heterocycles. The molecule has 210 valence electrons. The minimum absolute atomic E-state index is 0.0893. The minimum atomic E-state index is -3.38. The molecule has 5 rings (SSSR count). The molecule has 7 nitrogen and oxygen atoms in total.